The van der Waals surface area contributed by atoms with Gasteiger partial charge in [-0.3, -0.25) is 0 Å². The third-order valence-corrected chi connectivity index (χ3v) is 4.93. The van der Waals surface area contributed by atoms with E-state index in [-0.39, 0.29) is 0 Å². The van der Waals surface area contributed by atoms with Gasteiger partial charge in [-0.05, 0) is 44.9 Å². The van der Waals surface area contributed by atoms with Crippen molar-refractivity contribution in [3.8, 4) is 0 Å². The predicted octanol–water partition coefficient (Wildman–Crippen LogP) is 3.89. The van der Waals surface area contributed by atoms with E-state index >= 15 is 0 Å². The van der Waals surface area contributed by atoms with Crippen LogP contribution in [-0.2, 0) is 4.74 Å². The van der Waals surface area contributed by atoms with E-state index in [4.69, 9.17) is 4.74 Å². The lowest BCUT2D eigenvalue weighted by molar-refractivity contribution is -0.00301. The first-order chi connectivity index (χ1) is 8.79. The van der Waals surface area contributed by atoms with Crippen LogP contribution in [0.2, 0.25) is 0 Å². The Hall–Kier alpha value is -0.0800. The Bertz CT molecular complexity index is 223. The number of hydrogen-bond donors (Lipinski definition) is 1. The highest BCUT2D eigenvalue weighted by Crippen LogP contribution is 2.26. The van der Waals surface area contributed by atoms with Gasteiger partial charge in [0.15, 0.2) is 0 Å². The molecule has 1 aliphatic heterocycles. The average Bonchev–Trinajstić information content (AvgIpc) is 2.68. The van der Waals surface area contributed by atoms with E-state index in [9.17, 15) is 0 Å². The average molecular weight is 253 g/mol. The Morgan fingerprint density at radius 2 is 1.83 bits per heavy atom. The third-order valence-electron chi connectivity index (χ3n) is 4.93. The Morgan fingerprint density at radius 1 is 1.11 bits per heavy atom. The SMILES string of the molecule is CCC1CC(N[C@H](C)C2CCCCCC2)CCO1. The van der Waals surface area contributed by atoms with Gasteiger partial charge in [0.05, 0.1) is 6.10 Å². The van der Waals surface area contributed by atoms with Crippen LogP contribution in [0.15, 0.2) is 0 Å². The molecule has 2 fully saturated rings. The molecular formula is C16H31NO. The van der Waals surface area contributed by atoms with Crippen molar-refractivity contribution in [1.82, 2.24) is 5.32 Å². The summed E-state index contributed by atoms with van der Waals surface area (Å²) in [6, 6.07) is 1.39. The lowest BCUT2D eigenvalue weighted by Gasteiger charge is -2.34. The van der Waals surface area contributed by atoms with E-state index in [0.29, 0.717) is 18.2 Å². The number of nitrogens with one attached hydrogen (secondary N) is 1. The zero-order valence-corrected chi connectivity index (χ0v) is 12.3. The van der Waals surface area contributed by atoms with Gasteiger partial charge in [0.25, 0.3) is 0 Å². The summed E-state index contributed by atoms with van der Waals surface area (Å²) in [6.45, 7) is 5.60. The summed E-state index contributed by atoms with van der Waals surface area (Å²) < 4.78 is 5.76. The van der Waals surface area contributed by atoms with Crippen LogP contribution >= 0.6 is 0 Å². The van der Waals surface area contributed by atoms with E-state index in [1.165, 1.54) is 51.4 Å². The molecule has 2 nitrogen and oxygen atoms in total. The first kappa shape index (κ1) is 14.3. The molecule has 1 saturated heterocycles. The molecule has 3 atom stereocenters. The van der Waals surface area contributed by atoms with E-state index in [1.54, 1.807) is 0 Å². The third kappa shape index (κ3) is 4.24. The summed E-state index contributed by atoms with van der Waals surface area (Å²) in [5.41, 5.74) is 0. The fraction of sp³-hybridized carbons (Fsp3) is 1.00. The molecule has 1 aliphatic carbocycles. The molecule has 0 spiro atoms. The van der Waals surface area contributed by atoms with Crippen molar-refractivity contribution in [3.63, 3.8) is 0 Å². The van der Waals surface area contributed by atoms with Crippen LogP contribution in [0.1, 0.15) is 71.6 Å². The van der Waals surface area contributed by atoms with Crippen molar-refractivity contribution in [1.29, 1.82) is 0 Å². The van der Waals surface area contributed by atoms with Gasteiger partial charge < -0.3 is 10.1 Å². The summed E-state index contributed by atoms with van der Waals surface area (Å²) in [4.78, 5) is 0. The van der Waals surface area contributed by atoms with Crippen LogP contribution in [0.25, 0.3) is 0 Å². The van der Waals surface area contributed by atoms with Crippen molar-refractivity contribution in [3.05, 3.63) is 0 Å². The molecule has 0 bridgehead atoms. The lowest BCUT2D eigenvalue weighted by atomic mass is 9.91. The largest absolute Gasteiger partial charge is 0.378 e. The second-order valence-electron chi connectivity index (χ2n) is 6.33. The molecule has 0 aromatic carbocycles. The smallest absolute Gasteiger partial charge is 0.0587 e. The summed E-state index contributed by atoms with van der Waals surface area (Å²) in [7, 11) is 0. The summed E-state index contributed by atoms with van der Waals surface area (Å²) in [5, 5.41) is 3.90. The minimum Gasteiger partial charge on any atom is -0.378 e. The van der Waals surface area contributed by atoms with Crippen LogP contribution in [-0.4, -0.2) is 24.8 Å². The van der Waals surface area contributed by atoms with Crippen molar-refractivity contribution < 1.29 is 4.74 Å². The maximum Gasteiger partial charge on any atom is 0.0587 e. The van der Waals surface area contributed by atoms with Gasteiger partial charge in [-0.2, -0.15) is 0 Å². The fourth-order valence-electron chi connectivity index (χ4n) is 3.63. The van der Waals surface area contributed by atoms with Crippen LogP contribution in [0.4, 0.5) is 0 Å². The topological polar surface area (TPSA) is 21.3 Å². The summed E-state index contributed by atoms with van der Waals surface area (Å²) in [6.07, 6.45) is 12.8. The molecule has 0 amide bonds. The van der Waals surface area contributed by atoms with E-state index in [1.807, 2.05) is 0 Å². The molecule has 18 heavy (non-hydrogen) atoms. The normalized spacial score (nSPS) is 33.0. The Kier molecular flexibility index (Phi) is 5.97. The number of ether oxygens (including phenoxy) is 1. The van der Waals surface area contributed by atoms with Crippen molar-refractivity contribution in [2.45, 2.75) is 89.8 Å². The van der Waals surface area contributed by atoms with Gasteiger partial charge >= 0.3 is 0 Å². The zero-order chi connectivity index (χ0) is 12.8. The molecule has 106 valence electrons. The van der Waals surface area contributed by atoms with E-state index in [0.717, 1.165) is 18.9 Å². The van der Waals surface area contributed by atoms with Crippen LogP contribution in [0.5, 0.6) is 0 Å². The van der Waals surface area contributed by atoms with Crippen LogP contribution in [0.3, 0.4) is 0 Å². The molecular weight excluding hydrogens is 222 g/mol. The lowest BCUT2D eigenvalue weighted by Crippen LogP contribution is -2.45. The summed E-state index contributed by atoms with van der Waals surface area (Å²) >= 11 is 0. The Balaban J connectivity index is 1.76. The van der Waals surface area contributed by atoms with E-state index in [2.05, 4.69) is 19.2 Å². The molecule has 2 unspecified atom stereocenters. The quantitative estimate of drug-likeness (QED) is 0.767. The van der Waals surface area contributed by atoms with Crippen molar-refractivity contribution in [2.75, 3.05) is 6.61 Å². The minimum atomic E-state index is 0.498. The van der Waals surface area contributed by atoms with Gasteiger partial charge in [-0.25, -0.2) is 0 Å². The molecule has 2 heteroatoms. The van der Waals surface area contributed by atoms with Crippen molar-refractivity contribution >= 4 is 0 Å². The maximum absolute atomic E-state index is 5.76. The fourth-order valence-corrected chi connectivity index (χ4v) is 3.63. The monoisotopic (exact) mass is 253 g/mol. The molecule has 2 aliphatic rings. The first-order valence-corrected chi connectivity index (χ1v) is 8.17. The summed E-state index contributed by atoms with van der Waals surface area (Å²) in [5.74, 6) is 0.912. The highest BCUT2D eigenvalue weighted by atomic mass is 16.5. The first-order valence-electron chi connectivity index (χ1n) is 8.17. The number of hydrogen-bond acceptors (Lipinski definition) is 2. The molecule has 0 aromatic heterocycles. The second-order valence-corrected chi connectivity index (χ2v) is 6.33. The van der Waals surface area contributed by atoms with Gasteiger partial charge in [0.2, 0.25) is 0 Å². The molecule has 1 heterocycles. The maximum atomic E-state index is 5.76. The Labute approximate surface area is 113 Å². The van der Waals surface area contributed by atoms with Crippen LogP contribution < -0.4 is 5.32 Å². The predicted molar refractivity (Wildman–Crippen MR) is 76.8 cm³/mol. The highest BCUT2D eigenvalue weighted by molar-refractivity contribution is 4.82. The van der Waals surface area contributed by atoms with Crippen LogP contribution in [0, 0.1) is 5.92 Å². The molecule has 0 radical (unpaired) electrons. The molecule has 1 N–H and O–H groups in total. The Morgan fingerprint density at radius 3 is 2.50 bits per heavy atom. The van der Waals surface area contributed by atoms with Gasteiger partial charge in [-0.15, -0.1) is 0 Å². The van der Waals surface area contributed by atoms with E-state index < -0.39 is 0 Å². The highest BCUT2D eigenvalue weighted by Gasteiger charge is 2.25. The van der Waals surface area contributed by atoms with Gasteiger partial charge in [0.1, 0.15) is 0 Å². The van der Waals surface area contributed by atoms with Crippen molar-refractivity contribution in [2.24, 2.45) is 5.92 Å². The van der Waals surface area contributed by atoms with Gasteiger partial charge in [0, 0.05) is 18.7 Å². The van der Waals surface area contributed by atoms with Gasteiger partial charge in [-0.1, -0.05) is 32.6 Å². The second kappa shape index (κ2) is 7.49. The number of rotatable bonds is 4. The standard InChI is InChI=1S/C16H31NO/c1-3-16-12-15(10-11-18-16)17-13(2)14-8-6-4-5-7-9-14/h13-17H,3-12H2,1-2H3/t13-,15?,16?/m1/s1. The minimum absolute atomic E-state index is 0.498. The molecule has 0 aromatic rings. The molecule has 1 saturated carbocycles. The zero-order valence-electron chi connectivity index (χ0n) is 12.3. The molecule has 2 rings (SSSR count).